The molecule has 0 spiro atoms. The van der Waals surface area contributed by atoms with E-state index in [9.17, 15) is 17.6 Å². The Kier molecular flexibility index (Phi) is 4.77. The number of sulfone groups is 1. The molecule has 28 heavy (non-hydrogen) atoms. The van der Waals surface area contributed by atoms with Gasteiger partial charge in [0.2, 0.25) is 0 Å². The van der Waals surface area contributed by atoms with Crippen LogP contribution in [0.1, 0.15) is 0 Å². The number of carbonyl (C=O) groups is 1. The molecular weight excluding hydrogens is 381 g/mol. The molecule has 0 aliphatic carbocycles. The lowest BCUT2D eigenvalue weighted by Gasteiger charge is -2.38. The molecule has 0 saturated carbocycles. The Morgan fingerprint density at radius 3 is 2.39 bits per heavy atom. The number of hydrogen-bond acceptors (Lipinski definition) is 4. The van der Waals surface area contributed by atoms with Crippen molar-refractivity contribution in [1.82, 2.24) is 4.90 Å². The molecule has 4 rings (SSSR count). The molecule has 0 radical (unpaired) electrons. The van der Waals surface area contributed by atoms with Gasteiger partial charge in [-0.25, -0.2) is 12.8 Å². The first-order valence-corrected chi connectivity index (χ1v) is 10.4. The zero-order chi connectivity index (χ0) is 19.7. The first-order chi connectivity index (χ1) is 13.4. The Balaban J connectivity index is 1.34. The Morgan fingerprint density at radius 2 is 1.68 bits per heavy atom. The van der Waals surface area contributed by atoms with Gasteiger partial charge in [0.1, 0.15) is 16.8 Å². The van der Waals surface area contributed by atoms with Crippen LogP contribution in [0.4, 0.5) is 4.39 Å². The standard InChI is InChI=1S/C21H18FNO4S/c22-17-6-9-19(10-7-17)28(25,26)20-12-23(13-20)21(24)14-27-18-8-5-15-3-1-2-4-16(15)11-18/h1-11,20H,12-14H2. The van der Waals surface area contributed by atoms with Gasteiger partial charge in [-0.3, -0.25) is 4.79 Å². The Labute approximate surface area is 162 Å². The highest BCUT2D eigenvalue weighted by molar-refractivity contribution is 7.92. The number of likely N-dealkylation sites (tertiary alicyclic amines) is 1. The Morgan fingerprint density at radius 1 is 1.00 bits per heavy atom. The number of halogens is 1. The zero-order valence-electron chi connectivity index (χ0n) is 14.9. The maximum absolute atomic E-state index is 13.0. The van der Waals surface area contributed by atoms with Crippen molar-refractivity contribution in [3.8, 4) is 5.75 Å². The summed E-state index contributed by atoms with van der Waals surface area (Å²) in [5, 5.41) is 1.42. The average molecular weight is 399 g/mol. The molecule has 1 amide bonds. The van der Waals surface area contributed by atoms with Crippen molar-refractivity contribution in [2.45, 2.75) is 10.1 Å². The summed E-state index contributed by atoms with van der Waals surface area (Å²) in [5.74, 6) is -0.169. The molecule has 3 aromatic rings. The lowest BCUT2D eigenvalue weighted by molar-refractivity contribution is -0.136. The van der Waals surface area contributed by atoms with Crippen LogP contribution in [0.15, 0.2) is 71.6 Å². The van der Waals surface area contributed by atoms with Gasteiger partial charge in [-0.2, -0.15) is 0 Å². The van der Waals surface area contributed by atoms with E-state index in [-0.39, 0.29) is 30.5 Å². The lowest BCUT2D eigenvalue weighted by Crippen LogP contribution is -2.57. The molecule has 1 fully saturated rings. The molecular formula is C21H18FNO4S. The minimum Gasteiger partial charge on any atom is -0.484 e. The third kappa shape index (κ3) is 3.57. The van der Waals surface area contributed by atoms with E-state index >= 15 is 0 Å². The fourth-order valence-corrected chi connectivity index (χ4v) is 4.80. The molecule has 1 aliphatic rings. The summed E-state index contributed by atoms with van der Waals surface area (Å²) < 4.78 is 43.6. The normalized spacial score (nSPS) is 14.7. The van der Waals surface area contributed by atoms with E-state index in [2.05, 4.69) is 0 Å². The van der Waals surface area contributed by atoms with Crippen LogP contribution in [0.25, 0.3) is 10.8 Å². The number of fused-ring (bicyclic) bond motifs is 1. The van der Waals surface area contributed by atoms with Crippen molar-refractivity contribution in [1.29, 1.82) is 0 Å². The minimum atomic E-state index is -3.58. The molecule has 0 unspecified atom stereocenters. The van der Waals surface area contributed by atoms with Gasteiger partial charge >= 0.3 is 0 Å². The highest BCUT2D eigenvalue weighted by Crippen LogP contribution is 2.25. The second-order valence-electron chi connectivity index (χ2n) is 6.72. The molecule has 0 N–H and O–H groups in total. The van der Waals surface area contributed by atoms with Gasteiger partial charge in [-0.05, 0) is 47.2 Å². The fraction of sp³-hybridized carbons (Fsp3) is 0.190. The van der Waals surface area contributed by atoms with Crippen LogP contribution in [-0.2, 0) is 14.6 Å². The predicted molar refractivity (Wildman–Crippen MR) is 103 cm³/mol. The fourth-order valence-electron chi connectivity index (χ4n) is 3.15. The number of carbonyl (C=O) groups excluding carboxylic acids is 1. The van der Waals surface area contributed by atoms with Crippen molar-refractivity contribution < 1.29 is 22.3 Å². The van der Waals surface area contributed by atoms with Gasteiger partial charge < -0.3 is 9.64 Å². The van der Waals surface area contributed by atoms with Gasteiger partial charge in [-0.1, -0.05) is 30.3 Å². The van der Waals surface area contributed by atoms with Gasteiger partial charge in [-0.15, -0.1) is 0 Å². The van der Waals surface area contributed by atoms with Gasteiger partial charge in [0.05, 0.1) is 4.90 Å². The molecule has 1 heterocycles. The quantitative estimate of drug-likeness (QED) is 0.619. The van der Waals surface area contributed by atoms with Gasteiger partial charge in [0.15, 0.2) is 16.4 Å². The van der Waals surface area contributed by atoms with Crippen LogP contribution in [0.3, 0.4) is 0 Å². The third-order valence-electron chi connectivity index (χ3n) is 4.86. The maximum atomic E-state index is 13.0. The van der Waals surface area contributed by atoms with Crippen molar-refractivity contribution >= 4 is 26.5 Å². The molecule has 144 valence electrons. The number of rotatable bonds is 5. The summed E-state index contributed by atoms with van der Waals surface area (Å²) in [5.41, 5.74) is 0. The number of nitrogens with zero attached hydrogens (tertiary/aromatic N) is 1. The predicted octanol–water partition coefficient (Wildman–Crippen LogP) is 3.04. The van der Waals surface area contributed by atoms with E-state index in [0.29, 0.717) is 5.75 Å². The number of hydrogen-bond donors (Lipinski definition) is 0. The van der Waals surface area contributed by atoms with Crippen molar-refractivity contribution in [2.75, 3.05) is 19.7 Å². The first-order valence-electron chi connectivity index (χ1n) is 8.82. The summed E-state index contributed by atoms with van der Waals surface area (Å²) in [6.07, 6.45) is 0. The van der Waals surface area contributed by atoms with Crippen molar-refractivity contribution in [2.24, 2.45) is 0 Å². The smallest absolute Gasteiger partial charge is 0.260 e. The van der Waals surface area contributed by atoms with E-state index in [1.54, 1.807) is 6.07 Å². The maximum Gasteiger partial charge on any atom is 0.260 e. The summed E-state index contributed by atoms with van der Waals surface area (Å²) in [6, 6.07) is 18.1. The SMILES string of the molecule is O=C(COc1ccc2ccccc2c1)N1CC(S(=O)(=O)c2ccc(F)cc2)C1. The van der Waals surface area contributed by atoms with E-state index in [0.717, 1.165) is 22.9 Å². The van der Waals surface area contributed by atoms with E-state index in [1.807, 2.05) is 36.4 Å². The van der Waals surface area contributed by atoms with Crippen LogP contribution >= 0.6 is 0 Å². The number of ether oxygens (including phenoxy) is 1. The molecule has 3 aromatic carbocycles. The van der Waals surface area contributed by atoms with Crippen LogP contribution in [0.2, 0.25) is 0 Å². The first kappa shape index (κ1) is 18.4. The van der Waals surface area contributed by atoms with E-state index in [4.69, 9.17) is 4.74 Å². The van der Waals surface area contributed by atoms with Gasteiger partial charge in [0.25, 0.3) is 5.91 Å². The van der Waals surface area contributed by atoms with Crippen LogP contribution in [0.5, 0.6) is 5.75 Å². The van der Waals surface area contributed by atoms with Crippen LogP contribution < -0.4 is 4.74 Å². The summed E-state index contributed by atoms with van der Waals surface area (Å²) in [4.78, 5) is 13.8. The largest absolute Gasteiger partial charge is 0.484 e. The second kappa shape index (κ2) is 7.24. The van der Waals surface area contributed by atoms with Crippen molar-refractivity contribution in [3.63, 3.8) is 0 Å². The Hall–Kier alpha value is -2.93. The molecule has 5 nitrogen and oxygen atoms in total. The molecule has 0 atom stereocenters. The third-order valence-corrected chi connectivity index (χ3v) is 6.97. The molecule has 1 aliphatic heterocycles. The van der Waals surface area contributed by atoms with Gasteiger partial charge in [0, 0.05) is 13.1 Å². The summed E-state index contributed by atoms with van der Waals surface area (Å²) in [6.45, 7) is 0.0703. The Bertz CT molecular complexity index is 1120. The summed E-state index contributed by atoms with van der Waals surface area (Å²) >= 11 is 0. The monoisotopic (exact) mass is 399 g/mol. The lowest BCUT2D eigenvalue weighted by atomic mass is 10.1. The highest BCUT2D eigenvalue weighted by Gasteiger charge is 2.40. The highest BCUT2D eigenvalue weighted by atomic mass is 32.2. The van der Waals surface area contributed by atoms with Crippen molar-refractivity contribution in [3.05, 3.63) is 72.5 Å². The van der Waals surface area contributed by atoms with Crippen LogP contribution in [-0.4, -0.2) is 44.2 Å². The molecule has 0 aromatic heterocycles. The zero-order valence-corrected chi connectivity index (χ0v) is 15.7. The minimum absolute atomic E-state index is 0.0680. The van der Waals surface area contributed by atoms with E-state index < -0.39 is 20.9 Å². The van der Waals surface area contributed by atoms with Crippen LogP contribution in [0, 0.1) is 5.82 Å². The molecule has 7 heteroatoms. The molecule has 1 saturated heterocycles. The molecule has 0 bridgehead atoms. The van der Waals surface area contributed by atoms with E-state index in [1.165, 1.54) is 17.0 Å². The number of benzene rings is 3. The average Bonchev–Trinajstić information content (AvgIpc) is 2.65. The topological polar surface area (TPSA) is 63.7 Å². The second-order valence-corrected chi connectivity index (χ2v) is 8.95. The summed E-state index contributed by atoms with van der Waals surface area (Å²) in [7, 11) is -3.58. The number of amides is 1.